The van der Waals surface area contributed by atoms with Gasteiger partial charge in [0.25, 0.3) is 0 Å². The number of pyridine rings is 1. The van der Waals surface area contributed by atoms with Crippen LogP contribution in [0.15, 0.2) is 23.6 Å². The first kappa shape index (κ1) is 11.8. The Morgan fingerprint density at radius 1 is 1.47 bits per heavy atom. The smallest absolute Gasteiger partial charge is 0.132 e. The zero-order chi connectivity index (χ0) is 12.1. The maximum Gasteiger partial charge on any atom is 0.132 e. The van der Waals surface area contributed by atoms with Crippen molar-refractivity contribution < 1.29 is 4.39 Å². The third-order valence-corrected chi connectivity index (χ3v) is 2.71. The van der Waals surface area contributed by atoms with Gasteiger partial charge in [-0.3, -0.25) is 10.4 Å². The standard InChI is InChI=1S/C11H16FN5/c1-13-17-9-4-8(5-15-6-9)16-11-2-3-14-7-10(11)12/h4-6,10-11,14,16-17H,1-3,7H2/t10-,11+/m1/s1. The summed E-state index contributed by atoms with van der Waals surface area (Å²) in [4.78, 5) is 4.04. The SMILES string of the molecule is C=NNc1cncc(N[C@H]2CCNC[C@H]2F)c1. The lowest BCUT2D eigenvalue weighted by Gasteiger charge is -2.28. The van der Waals surface area contributed by atoms with Gasteiger partial charge in [0.05, 0.1) is 29.8 Å². The van der Waals surface area contributed by atoms with Gasteiger partial charge in [-0.15, -0.1) is 0 Å². The van der Waals surface area contributed by atoms with Crippen molar-refractivity contribution in [1.29, 1.82) is 0 Å². The van der Waals surface area contributed by atoms with Crippen LogP contribution in [-0.4, -0.2) is 37.0 Å². The predicted octanol–water partition coefficient (Wildman–Crippen LogP) is 1.22. The zero-order valence-electron chi connectivity index (χ0n) is 9.49. The maximum absolute atomic E-state index is 13.6. The van der Waals surface area contributed by atoms with Crippen molar-refractivity contribution in [2.45, 2.75) is 18.6 Å². The first-order valence-electron chi connectivity index (χ1n) is 5.57. The van der Waals surface area contributed by atoms with Crippen molar-refractivity contribution in [3.63, 3.8) is 0 Å². The summed E-state index contributed by atoms with van der Waals surface area (Å²) in [7, 11) is 0. The Balaban J connectivity index is 2.01. The highest BCUT2D eigenvalue weighted by atomic mass is 19.1. The average Bonchev–Trinajstić information content (AvgIpc) is 2.33. The van der Waals surface area contributed by atoms with E-state index in [1.54, 1.807) is 12.4 Å². The third-order valence-electron chi connectivity index (χ3n) is 2.71. The van der Waals surface area contributed by atoms with Crippen molar-refractivity contribution >= 4 is 18.1 Å². The molecular weight excluding hydrogens is 221 g/mol. The van der Waals surface area contributed by atoms with Crippen LogP contribution in [0.1, 0.15) is 6.42 Å². The van der Waals surface area contributed by atoms with Gasteiger partial charge in [-0.2, -0.15) is 5.10 Å². The van der Waals surface area contributed by atoms with E-state index >= 15 is 0 Å². The summed E-state index contributed by atoms with van der Waals surface area (Å²) in [6, 6.07) is 1.67. The molecule has 1 aromatic rings. The van der Waals surface area contributed by atoms with E-state index in [9.17, 15) is 4.39 Å². The number of rotatable bonds is 4. The Bertz CT molecular complexity index is 384. The van der Waals surface area contributed by atoms with Crippen LogP contribution in [-0.2, 0) is 0 Å². The van der Waals surface area contributed by atoms with E-state index in [0.29, 0.717) is 6.54 Å². The van der Waals surface area contributed by atoms with Crippen LogP contribution in [0.5, 0.6) is 0 Å². The molecule has 0 aliphatic carbocycles. The molecule has 3 N–H and O–H groups in total. The molecule has 0 bridgehead atoms. The second-order valence-electron chi connectivity index (χ2n) is 3.99. The van der Waals surface area contributed by atoms with Crippen LogP contribution in [0.4, 0.5) is 15.8 Å². The van der Waals surface area contributed by atoms with Crippen LogP contribution in [0.25, 0.3) is 0 Å². The van der Waals surface area contributed by atoms with Crippen molar-refractivity contribution in [2.75, 3.05) is 23.8 Å². The first-order valence-corrected chi connectivity index (χ1v) is 5.57. The van der Waals surface area contributed by atoms with Crippen LogP contribution in [0, 0.1) is 0 Å². The summed E-state index contributed by atoms with van der Waals surface area (Å²) >= 11 is 0. The van der Waals surface area contributed by atoms with Gasteiger partial charge in [0.1, 0.15) is 6.17 Å². The molecule has 1 aliphatic rings. The maximum atomic E-state index is 13.6. The molecule has 1 aliphatic heterocycles. The van der Waals surface area contributed by atoms with Gasteiger partial charge in [-0.1, -0.05) is 0 Å². The number of hydrogen-bond acceptors (Lipinski definition) is 5. The molecule has 6 heteroatoms. The highest BCUT2D eigenvalue weighted by Gasteiger charge is 2.24. The van der Waals surface area contributed by atoms with E-state index in [1.165, 1.54) is 0 Å². The topological polar surface area (TPSA) is 61.3 Å². The Hall–Kier alpha value is -1.69. The van der Waals surface area contributed by atoms with Crippen LogP contribution in [0.2, 0.25) is 0 Å². The molecule has 0 spiro atoms. The van der Waals surface area contributed by atoms with E-state index in [1.807, 2.05) is 6.07 Å². The second kappa shape index (κ2) is 5.58. The lowest BCUT2D eigenvalue weighted by Crippen LogP contribution is -2.45. The molecule has 17 heavy (non-hydrogen) atoms. The number of halogens is 1. The van der Waals surface area contributed by atoms with Gasteiger partial charge in [0.15, 0.2) is 0 Å². The molecule has 1 saturated heterocycles. The molecule has 2 rings (SSSR count). The molecule has 1 fully saturated rings. The minimum Gasteiger partial charge on any atom is -0.378 e. The molecule has 0 unspecified atom stereocenters. The van der Waals surface area contributed by atoms with Gasteiger partial charge in [0.2, 0.25) is 0 Å². The van der Waals surface area contributed by atoms with Crippen LogP contribution < -0.4 is 16.1 Å². The number of hydrazone groups is 1. The van der Waals surface area contributed by atoms with Crippen molar-refractivity contribution in [3.05, 3.63) is 18.5 Å². The number of aromatic nitrogens is 1. The summed E-state index contributed by atoms with van der Waals surface area (Å²) in [6.45, 7) is 4.57. The number of piperidine rings is 1. The Kier molecular flexibility index (Phi) is 3.87. The summed E-state index contributed by atoms with van der Waals surface area (Å²) in [6.07, 6.45) is 3.19. The van der Waals surface area contributed by atoms with Gasteiger partial charge in [-0.25, -0.2) is 4.39 Å². The molecule has 0 aromatic carbocycles. The lowest BCUT2D eigenvalue weighted by molar-refractivity contribution is 0.245. The fourth-order valence-electron chi connectivity index (χ4n) is 1.87. The van der Waals surface area contributed by atoms with Crippen LogP contribution in [0.3, 0.4) is 0 Å². The zero-order valence-corrected chi connectivity index (χ0v) is 9.49. The predicted molar refractivity (Wildman–Crippen MR) is 67.2 cm³/mol. The number of hydrogen-bond donors (Lipinski definition) is 3. The summed E-state index contributed by atoms with van der Waals surface area (Å²) in [5, 5.41) is 9.72. The largest absolute Gasteiger partial charge is 0.378 e. The molecule has 0 saturated carbocycles. The molecule has 0 amide bonds. The van der Waals surface area contributed by atoms with Gasteiger partial charge in [0, 0.05) is 13.3 Å². The highest BCUT2D eigenvalue weighted by Crippen LogP contribution is 2.18. The Morgan fingerprint density at radius 2 is 2.29 bits per heavy atom. The number of nitrogens with one attached hydrogen (secondary N) is 3. The number of alkyl halides is 1. The minimum absolute atomic E-state index is 0.162. The Labute approximate surface area is 99.5 Å². The average molecular weight is 237 g/mol. The third kappa shape index (κ3) is 3.13. The summed E-state index contributed by atoms with van der Waals surface area (Å²) < 4.78 is 13.6. The van der Waals surface area contributed by atoms with E-state index in [0.717, 1.165) is 24.3 Å². The second-order valence-corrected chi connectivity index (χ2v) is 3.99. The van der Waals surface area contributed by atoms with E-state index < -0.39 is 6.17 Å². The molecule has 2 heterocycles. The molecular formula is C11H16FN5. The molecule has 5 nitrogen and oxygen atoms in total. The fourth-order valence-corrected chi connectivity index (χ4v) is 1.87. The van der Waals surface area contributed by atoms with Crippen molar-refractivity contribution in [1.82, 2.24) is 10.3 Å². The van der Waals surface area contributed by atoms with Crippen LogP contribution >= 0.6 is 0 Å². The van der Waals surface area contributed by atoms with Crippen molar-refractivity contribution in [3.8, 4) is 0 Å². The monoisotopic (exact) mass is 237 g/mol. The highest BCUT2D eigenvalue weighted by molar-refractivity contribution is 5.54. The molecule has 1 aromatic heterocycles. The van der Waals surface area contributed by atoms with E-state index in [2.05, 4.69) is 32.9 Å². The van der Waals surface area contributed by atoms with Gasteiger partial charge >= 0.3 is 0 Å². The van der Waals surface area contributed by atoms with Gasteiger partial charge < -0.3 is 10.6 Å². The molecule has 0 radical (unpaired) electrons. The molecule has 2 atom stereocenters. The minimum atomic E-state index is -0.877. The lowest BCUT2D eigenvalue weighted by atomic mass is 10.0. The van der Waals surface area contributed by atoms with E-state index in [-0.39, 0.29) is 6.04 Å². The van der Waals surface area contributed by atoms with Crippen molar-refractivity contribution in [2.24, 2.45) is 5.10 Å². The Morgan fingerprint density at radius 3 is 3.06 bits per heavy atom. The fraction of sp³-hybridized carbons (Fsp3) is 0.455. The quantitative estimate of drug-likeness (QED) is 0.544. The number of anilines is 2. The normalized spacial score (nSPS) is 24.1. The van der Waals surface area contributed by atoms with E-state index in [4.69, 9.17) is 0 Å². The summed E-state index contributed by atoms with van der Waals surface area (Å²) in [5.74, 6) is 0. The summed E-state index contributed by atoms with van der Waals surface area (Å²) in [5.41, 5.74) is 4.22. The number of nitrogens with zero attached hydrogens (tertiary/aromatic N) is 2. The van der Waals surface area contributed by atoms with Gasteiger partial charge in [-0.05, 0) is 19.0 Å². The molecule has 92 valence electrons. The first-order chi connectivity index (χ1) is 8.29.